The van der Waals surface area contributed by atoms with Gasteiger partial charge in [-0.3, -0.25) is 4.79 Å². The first-order chi connectivity index (χ1) is 14.6. The fourth-order valence-electron chi connectivity index (χ4n) is 3.02. The van der Waals surface area contributed by atoms with Crippen LogP contribution in [0.15, 0.2) is 104 Å². The molecule has 3 aromatic carbocycles. The Morgan fingerprint density at radius 3 is 1.80 bits per heavy atom. The van der Waals surface area contributed by atoms with Gasteiger partial charge in [-0.2, -0.15) is 0 Å². The fourth-order valence-corrected chi connectivity index (χ4v) is 3.02. The van der Waals surface area contributed by atoms with Crippen molar-refractivity contribution in [1.82, 2.24) is 0 Å². The zero-order valence-electron chi connectivity index (χ0n) is 16.7. The van der Waals surface area contributed by atoms with Crippen LogP contribution in [0.2, 0.25) is 0 Å². The minimum atomic E-state index is -0.444. The lowest BCUT2D eigenvalue weighted by atomic mass is 10.1. The van der Waals surface area contributed by atoms with Crippen LogP contribution in [0.3, 0.4) is 0 Å². The van der Waals surface area contributed by atoms with Gasteiger partial charge in [-0.25, -0.2) is 4.79 Å². The van der Waals surface area contributed by atoms with E-state index in [1.54, 1.807) is 0 Å². The molecule has 0 saturated heterocycles. The van der Waals surface area contributed by atoms with E-state index in [0.717, 1.165) is 34.3 Å². The minimum Gasteiger partial charge on any atom is -0.458 e. The van der Waals surface area contributed by atoms with E-state index in [1.165, 1.54) is 6.08 Å². The van der Waals surface area contributed by atoms with Crippen LogP contribution in [0, 0.1) is 0 Å². The van der Waals surface area contributed by atoms with Crippen LogP contribution in [-0.2, 0) is 27.4 Å². The summed E-state index contributed by atoms with van der Waals surface area (Å²) in [5.74, 6) is -0.449. The lowest BCUT2D eigenvalue weighted by Gasteiger charge is -2.25. The van der Waals surface area contributed by atoms with Crippen molar-refractivity contribution >= 4 is 28.8 Å². The molecule has 0 heterocycles. The molecule has 4 nitrogen and oxygen atoms in total. The number of carbonyl (C=O) groups is 2. The molecule has 3 aromatic rings. The summed E-state index contributed by atoms with van der Waals surface area (Å²) in [5, 5.41) is 0. The summed E-state index contributed by atoms with van der Waals surface area (Å²) in [6.07, 6.45) is 2.84. The normalized spacial score (nSPS) is 10.1. The van der Waals surface area contributed by atoms with Gasteiger partial charge in [0.25, 0.3) is 0 Å². The smallest absolute Gasteiger partial charge is 0.330 e. The van der Waals surface area contributed by atoms with Gasteiger partial charge in [0.2, 0.25) is 0 Å². The second-order valence-corrected chi connectivity index (χ2v) is 6.66. The molecular formula is C26H23NO3. The van der Waals surface area contributed by atoms with Gasteiger partial charge in [-0.1, -0.05) is 55.6 Å². The number of benzene rings is 3. The maximum Gasteiger partial charge on any atom is 0.330 e. The third-order valence-electron chi connectivity index (χ3n) is 4.56. The highest BCUT2D eigenvalue weighted by Crippen LogP contribution is 2.34. The molecule has 0 bridgehead atoms. The van der Waals surface area contributed by atoms with Crippen LogP contribution in [-0.4, -0.2) is 11.8 Å². The number of ketones is 1. The summed E-state index contributed by atoms with van der Waals surface area (Å²) in [6.45, 7) is 7.12. The largest absolute Gasteiger partial charge is 0.458 e. The number of esters is 1. The van der Waals surface area contributed by atoms with Crippen LogP contribution >= 0.6 is 0 Å². The van der Waals surface area contributed by atoms with Gasteiger partial charge < -0.3 is 9.64 Å². The molecule has 4 heteroatoms. The number of hydrogen-bond acceptors (Lipinski definition) is 4. The predicted molar refractivity (Wildman–Crippen MR) is 120 cm³/mol. The Morgan fingerprint density at radius 1 is 0.733 bits per heavy atom. The van der Waals surface area contributed by atoms with Crippen LogP contribution in [0.25, 0.3) is 0 Å². The second-order valence-electron chi connectivity index (χ2n) is 6.66. The number of allylic oxidation sites excluding steroid dienone is 1. The van der Waals surface area contributed by atoms with Crippen LogP contribution in [0.1, 0.15) is 11.1 Å². The second kappa shape index (κ2) is 10.0. The molecule has 0 radical (unpaired) electrons. The van der Waals surface area contributed by atoms with E-state index < -0.39 is 5.97 Å². The highest BCUT2D eigenvalue weighted by Gasteiger charge is 2.12. The maximum absolute atomic E-state index is 11.6. The number of para-hydroxylation sites is 1. The summed E-state index contributed by atoms with van der Waals surface area (Å²) in [4.78, 5) is 25.0. The highest BCUT2D eigenvalue weighted by atomic mass is 16.5. The number of nitrogens with zero attached hydrogens (tertiary/aromatic N) is 1. The average Bonchev–Trinajstić information content (AvgIpc) is 2.80. The Balaban J connectivity index is 1.88. The molecule has 3 rings (SSSR count). The van der Waals surface area contributed by atoms with Gasteiger partial charge in [0.15, 0.2) is 5.78 Å². The van der Waals surface area contributed by atoms with Crippen LogP contribution < -0.4 is 4.90 Å². The number of rotatable bonds is 9. The molecule has 0 aromatic heterocycles. The van der Waals surface area contributed by atoms with Crippen molar-refractivity contribution in [3.63, 3.8) is 0 Å². The van der Waals surface area contributed by atoms with E-state index in [4.69, 9.17) is 4.74 Å². The van der Waals surface area contributed by atoms with Crippen LogP contribution in [0.5, 0.6) is 0 Å². The Labute approximate surface area is 176 Å². The molecule has 0 aliphatic heterocycles. The van der Waals surface area contributed by atoms with E-state index in [2.05, 4.69) is 18.1 Å². The lowest BCUT2D eigenvalue weighted by molar-refractivity contribution is -0.139. The Bertz CT molecular complexity index is 1020. The molecule has 30 heavy (non-hydrogen) atoms. The molecule has 0 aliphatic rings. The van der Waals surface area contributed by atoms with Gasteiger partial charge in [-0.05, 0) is 53.6 Å². The average molecular weight is 397 g/mol. The number of hydrogen-bond donors (Lipinski definition) is 0. The monoisotopic (exact) mass is 397 g/mol. The van der Waals surface area contributed by atoms with E-state index in [-0.39, 0.29) is 12.4 Å². The van der Waals surface area contributed by atoms with Gasteiger partial charge in [0.1, 0.15) is 6.61 Å². The first-order valence-electron chi connectivity index (χ1n) is 9.58. The molecule has 0 spiro atoms. The van der Waals surface area contributed by atoms with Gasteiger partial charge in [0.05, 0.1) is 0 Å². The van der Waals surface area contributed by atoms with Gasteiger partial charge in [-0.15, -0.1) is 0 Å². The molecule has 0 atom stereocenters. The summed E-state index contributed by atoms with van der Waals surface area (Å²) in [5.41, 5.74) is 4.78. The van der Waals surface area contributed by atoms with Crippen molar-refractivity contribution in [2.45, 2.75) is 13.0 Å². The topological polar surface area (TPSA) is 46.6 Å². The molecule has 0 fully saturated rings. The van der Waals surface area contributed by atoms with Crippen LogP contribution in [0.4, 0.5) is 17.1 Å². The zero-order valence-corrected chi connectivity index (χ0v) is 16.7. The lowest BCUT2D eigenvalue weighted by Crippen LogP contribution is -2.10. The summed E-state index contributed by atoms with van der Waals surface area (Å²) in [6, 6.07) is 25.8. The quantitative estimate of drug-likeness (QED) is 0.344. The molecule has 0 unspecified atom stereocenters. The van der Waals surface area contributed by atoms with Gasteiger partial charge in [0, 0.05) is 29.6 Å². The predicted octanol–water partition coefficient (Wildman–Crippen LogP) is 5.68. The molecule has 0 N–H and O–H groups in total. The third-order valence-corrected chi connectivity index (χ3v) is 4.56. The molecule has 150 valence electrons. The SMILES string of the molecule is C=CC(=O)Cc1ccc(N(c2ccccc2)c2ccc(COC(=O)C=C)cc2)cc1. The first kappa shape index (κ1) is 20.8. The minimum absolute atomic E-state index is 0.00425. The van der Waals surface area contributed by atoms with Crippen molar-refractivity contribution in [1.29, 1.82) is 0 Å². The number of anilines is 3. The zero-order chi connectivity index (χ0) is 21.3. The van der Waals surface area contributed by atoms with E-state index in [1.807, 2.05) is 78.9 Å². The van der Waals surface area contributed by atoms with Crippen molar-refractivity contribution in [2.24, 2.45) is 0 Å². The molecule has 0 aliphatic carbocycles. The fraction of sp³-hybridized carbons (Fsp3) is 0.0769. The third kappa shape index (κ3) is 5.32. The molecule has 0 amide bonds. The summed E-state index contributed by atoms with van der Waals surface area (Å²) < 4.78 is 5.10. The first-order valence-corrected chi connectivity index (χ1v) is 9.58. The Morgan fingerprint density at radius 2 is 1.27 bits per heavy atom. The standard InChI is InChI=1S/C26H23NO3/c1-3-25(28)18-20-10-14-23(15-11-20)27(22-8-6-5-7-9-22)24-16-12-21(13-17-24)19-30-26(29)4-2/h3-17H,1-2,18-19H2. The molecule has 0 saturated carbocycles. The van der Waals surface area contributed by atoms with Crippen molar-refractivity contribution in [3.05, 3.63) is 115 Å². The summed E-state index contributed by atoms with van der Waals surface area (Å²) >= 11 is 0. The van der Waals surface area contributed by atoms with Crippen molar-refractivity contribution in [3.8, 4) is 0 Å². The van der Waals surface area contributed by atoms with Crippen molar-refractivity contribution in [2.75, 3.05) is 4.90 Å². The number of ether oxygens (including phenoxy) is 1. The van der Waals surface area contributed by atoms with E-state index >= 15 is 0 Å². The molecular weight excluding hydrogens is 374 g/mol. The van der Waals surface area contributed by atoms with E-state index in [9.17, 15) is 9.59 Å². The maximum atomic E-state index is 11.6. The van der Waals surface area contributed by atoms with Gasteiger partial charge >= 0.3 is 5.97 Å². The summed E-state index contributed by atoms with van der Waals surface area (Å²) in [7, 11) is 0. The highest BCUT2D eigenvalue weighted by molar-refractivity contribution is 5.91. The van der Waals surface area contributed by atoms with E-state index in [0.29, 0.717) is 6.42 Å². The van der Waals surface area contributed by atoms with Crippen molar-refractivity contribution < 1.29 is 14.3 Å². The number of carbonyl (C=O) groups excluding carboxylic acids is 2. The Kier molecular flexibility index (Phi) is 6.95. The Hall–Kier alpha value is -3.92.